The Bertz CT molecular complexity index is 429. The maximum absolute atomic E-state index is 12.2. The Balaban J connectivity index is 2.01. The molecule has 0 aromatic heterocycles. The van der Waals surface area contributed by atoms with E-state index in [1.807, 2.05) is 0 Å². The number of hydrogen-bond donors (Lipinski definition) is 1. The van der Waals surface area contributed by atoms with Crippen LogP contribution in [0.1, 0.15) is 26.2 Å². The zero-order chi connectivity index (χ0) is 13.4. The average Bonchev–Trinajstić information content (AvgIpc) is 2.87. The lowest BCUT2D eigenvalue weighted by atomic mass is 9.90. The standard InChI is InChI=1S/C11H19NO5S/c1-11(10(13)14)4-5-12(8-11)18(15,16)7-9-3-2-6-17-9/h9H,2-8H2,1H3,(H,13,14). The first-order valence-electron chi connectivity index (χ1n) is 6.16. The topological polar surface area (TPSA) is 83.9 Å². The minimum absolute atomic E-state index is 0.0251. The largest absolute Gasteiger partial charge is 0.481 e. The third kappa shape index (κ3) is 2.67. The predicted molar refractivity (Wildman–Crippen MR) is 64.7 cm³/mol. The van der Waals surface area contributed by atoms with Crippen molar-refractivity contribution in [3.63, 3.8) is 0 Å². The van der Waals surface area contributed by atoms with E-state index in [-0.39, 0.29) is 24.9 Å². The van der Waals surface area contributed by atoms with E-state index in [1.54, 1.807) is 6.92 Å². The van der Waals surface area contributed by atoms with Crippen LogP contribution in [0.5, 0.6) is 0 Å². The minimum atomic E-state index is -3.40. The van der Waals surface area contributed by atoms with Crippen LogP contribution in [0.15, 0.2) is 0 Å². The number of carboxylic acids is 1. The van der Waals surface area contributed by atoms with Gasteiger partial charge < -0.3 is 9.84 Å². The van der Waals surface area contributed by atoms with Crippen LogP contribution >= 0.6 is 0 Å². The van der Waals surface area contributed by atoms with Crippen LogP contribution in [0.3, 0.4) is 0 Å². The Morgan fingerprint density at radius 2 is 2.28 bits per heavy atom. The molecule has 0 spiro atoms. The zero-order valence-corrected chi connectivity index (χ0v) is 11.3. The van der Waals surface area contributed by atoms with Crippen LogP contribution in [-0.4, -0.2) is 55.4 Å². The molecule has 0 bridgehead atoms. The van der Waals surface area contributed by atoms with E-state index < -0.39 is 21.4 Å². The molecular formula is C11H19NO5S. The summed E-state index contributed by atoms with van der Waals surface area (Å²) in [6.07, 6.45) is 1.80. The van der Waals surface area contributed by atoms with Gasteiger partial charge in [0.25, 0.3) is 0 Å². The van der Waals surface area contributed by atoms with Crippen LogP contribution in [0, 0.1) is 5.41 Å². The second-order valence-electron chi connectivity index (χ2n) is 5.36. The van der Waals surface area contributed by atoms with Crippen molar-refractivity contribution in [1.82, 2.24) is 4.31 Å². The molecule has 0 radical (unpaired) electrons. The van der Waals surface area contributed by atoms with Gasteiger partial charge >= 0.3 is 5.97 Å². The van der Waals surface area contributed by atoms with Gasteiger partial charge in [0.05, 0.1) is 17.3 Å². The number of ether oxygens (including phenoxy) is 1. The molecule has 2 heterocycles. The summed E-state index contributed by atoms with van der Waals surface area (Å²) >= 11 is 0. The first-order valence-corrected chi connectivity index (χ1v) is 7.77. The van der Waals surface area contributed by atoms with Gasteiger partial charge in [0.2, 0.25) is 10.0 Å². The maximum Gasteiger partial charge on any atom is 0.310 e. The molecule has 0 amide bonds. The van der Waals surface area contributed by atoms with Gasteiger partial charge in [-0.05, 0) is 26.2 Å². The summed E-state index contributed by atoms with van der Waals surface area (Å²) in [5, 5.41) is 9.09. The Hall–Kier alpha value is -0.660. The number of carboxylic acid groups (broad SMARTS) is 1. The van der Waals surface area contributed by atoms with Gasteiger partial charge in [0.1, 0.15) is 0 Å². The molecule has 2 rings (SSSR count). The Morgan fingerprint density at radius 1 is 1.56 bits per heavy atom. The second kappa shape index (κ2) is 4.79. The summed E-state index contributed by atoms with van der Waals surface area (Å²) in [6, 6.07) is 0. The van der Waals surface area contributed by atoms with Crippen molar-refractivity contribution in [1.29, 1.82) is 0 Å². The third-order valence-electron chi connectivity index (χ3n) is 3.77. The fourth-order valence-electron chi connectivity index (χ4n) is 2.45. The number of carbonyl (C=O) groups is 1. The monoisotopic (exact) mass is 277 g/mol. The normalized spacial score (nSPS) is 33.9. The van der Waals surface area contributed by atoms with E-state index in [4.69, 9.17) is 9.84 Å². The highest BCUT2D eigenvalue weighted by Gasteiger charge is 2.45. The van der Waals surface area contributed by atoms with E-state index in [2.05, 4.69) is 0 Å². The Labute approximate surface area is 107 Å². The number of rotatable bonds is 4. The van der Waals surface area contributed by atoms with Crippen LogP contribution in [-0.2, 0) is 19.6 Å². The summed E-state index contributed by atoms with van der Waals surface area (Å²) in [5.41, 5.74) is -0.955. The highest BCUT2D eigenvalue weighted by Crippen LogP contribution is 2.32. The average molecular weight is 277 g/mol. The molecule has 2 saturated heterocycles. The molecule has 2 unspecified atom stereocenters. The van der Waals surface area contributed by atoms with Crippen LogP contribution in [0.25, 0.3) is 0 Å². The molecule has 7 heteroatoms. The molecule has 6 nitrogen and oxygen atoms in total. The van der Waals surface area contributed by atoms with Gasteiger partial charge in [0, 0.05) is 19.7 Å². The molecule has 0 aromatic rings. The molecule has 2 aliphatic rings. The van der Waals surface area contributed by atoms with Crippen LogP contribution in [0.4, 0.5) is 0 Å². The number of nitrogens with zero attached hydrogens (tertiary/aromatic N) is 1. The van der Waals surface area contributed by atoms with Crippen molar-refractivity contribution in [3.8, 4) is 0 Å². The summed E-state index contributed by atoms with van der Waals surface area (Å²) in [5.74, 6) is -0.958. The number of sulfonamides is 1. The molecule has 2 atom stereocenters. The van der Waals surface area contributed by atoms with E-state index in [9.17, 15) is 13.2 Å². The lowest BCUT2D eigenvalue weighted by Gasteiger charge is -2.21. The van der Waals surface area contributed by atoms with E-state index in [0.717, 1.165) is 12.8 Å². The fourth-order valence-corrected chi connectivity index (χ4v) is 4.24. The van der Waals surface area contributed by atoms with Gasteiger partial charge in [0.15, 0.2) is 0 Å². The van der Waals surface area contributed by atoms with E-state index in [1.165, 1.54) is 4.31 Å². The van der Waals surface area contributed by atoms with Gasteiger partial charge in [-0.1, -0.05) is 0 Å². The Morgan fingerprint density at radius 3 is 2.78 bits per heavy atom. The molecule has 0 aliphatic carbocycles. The molecule has 2 fully saturated rings. The highest BCUT2D eigenvalue weighted by molar-refractivity contribution is 7.89. The summed E-state index contributed by atoms with van der Waals surface area (Å²) in [6.45, 7) is 2.57. The van der Waals surface area contributed by atoms with Crippen LogP contribution in [0.2, 0.25) is 0 Å². The summed E-state index contributed by atoms with van der Waals surface area (Å²) < 4.78 is 30.9. The van der Waals surface area contributed by atoms with Crippen molar-refractivity contribution < 1.29 is 23.1 Å². The molecule has 18 heavy (non-hydrogen) atoms. The molecule has 104 valence electrons. The van der Waals surface area contributed by atoms with Crippen molar-refractivity contribution in [2.45, 2.75) is 32.3 Å². The van der Waals surface area contributed by atoms with Crippen LogP contribution < -0.4 is 0 Å². The van der Waals surface area contributed by atoms with Crippen molar-refractivity contribution >= 4 is 16.0 Å². The predicted octanol–water partition coefficient (Wildman–Crippen LogP) is 0.292. The SMILES string of the molecule is CC1(C(=O)O)CCN(S(=O)(=O)CC2CCCO2)C1. The molecule has 0 saturated carbocycles. The first kappa shape index (κ1) is 13.8. The quantitative estimate of drug-likeness (QED) is 0.798. The smallest absolute Gasteiger partial charge is 0.310 e. The fraction of sp³-hybridized carbons (Fsp3) is 0.909. The lowest BCUT2D eigenvalue weighted by Crippen LogP contribution is -2.38. The summed E-state index contributed by atoms with van der Waals surface area (Å²) in [4.78, 5) is 11.1. The van der Waals surface area contributed by atoms with Crippen molar-refractivity contribution in [2.75, 3.05) is 25.4 Å². The highest BCUT2D eigenvalue weighted by atomic mass is 32.2. The molecule has 0 aromatic carbocycles. The molecular weight excluding hydrogens is 258 g/mol. The van der Waals surface area contributed by atoms with Gasteiger partial charge in [-0.2, -0.15) is 0 Å². The lowest BCUT2D eigenvalue weighted by molar-refractivity contribution is -0.146. The van der Waals surface area contributed by atoms with Crippen molar-refractivity contribution in [2.24, 2.45) is 5.41 Å². The maximum atomic E-state index is 12.2. The van der Waals surface area contributed by atoms with Gasteiger partial charge in [-0.25, -0.2) is 12.7 Å². The Kier molecular flexibility index (Phi) is 3.66. The number of aliphatic carboxylic acids is 1. The van der Waals surface area contributed by atoms with E-state index in [0.29, 0.717) is 13.0 Å². The number of hydrogen-bond acceptors (Lipinski definition) is 4. The van der Waals surface area contributed by atoms with Gasteiger partial charge in [-0.15, -0.1) is 0 Å². The molecule has 1 N–H and O–H groups in total. The second-order valence-corrected chi connectivity index (χ2v) is 7.38. The first-order chi connectivity index (χ1) is 8.33. The minimum Gasteiger partial charge on any atom is -0.481 e. The molecule has 2 aliphatic heterocycles. The van der Waals surface area contributed by atoms with Crippen molar-refractivity contribution in [3.05, 3.63) is 0 Å². The third-order valence-corrected chi connectivity index (χ3v) is 5.66. The van der Waals surface area contributed by atoms with Gasteiger partial charge in [-0.3, -0.25) is 4.79 Å². The summed E-state index contributed by atoms with van der Waals surface area (Å²) in [7, 11) is -3.40. The zero-order valence-electron chi connectivity index (χ0n) is 10.5. The van der Waals surface area contributed by atoms with E-state index >= 15 is 0 Å².